The van der Waals surface area contributed by atoms with Crippen LogP contribution in [0.4, 0.5) is 10.1 Å². The number of H-pyrrole nitrogens is 2. The maximum absolute atomic E-state index is 14.6. The molecule has 0 radical (unpaired) electrons. The normalized spacial score (nSPS) is 11.2. The minimum atomic E-state index is -0.301. The third-order valence-corrected chi connectivity index (χ3v) is 6.69. The van der Waals surface area contributed by atoms with Gasteiger partial charge in [0.25, 0.3) is 5.91 Å². The van der Waals surface area contributed by atoms with Crippen LogP contribution in [-0.2, 0) is 0 Å². The number of anilines is 1. The molecule has 5 aromatic heterocycles. The van der Waals surface area contributed by atoms with Crippen molar-refractivity contribution in [2.45, 2.75) is 0 Å². The Morgan fingerprint density at radius 1 is 0.875 bits per heavy atom. The van der Waals surface area contributed by atoms with Crippen LogP contribution in [-0.4, -0.2) is 36.0 Å². The lowest BCUT2D eigenvalue weighted by atomic mass is 10.0. The Bertz CT molecular complexity index is 2030. The SMILES string of the molecule is O=C(Nc1cncc(-c2ccc3[nH]nc(-c4cc5c(-c6ccccc6F)ccnc5[nH]4)c3n2)c1)c1ccccc1. The standard InChI is InChI=1S/C31H20FN7O/c32-24-9-5-4-8-22(24)21-12-13-34-30-23(21)15-27(37-30)29-28-26(38-39-29)11-10-25(36-28)19-14-20(17-33-16-19)35-31(40)18-6-2-1-3-7-18/h1-17H,(H,34,37)(H,35,40)(H,38,39). The lowest BCUT2D eigenvalue weighted by Crippen LogP contribution is -2.11. The minimum absolute atomic E-state index is 0.220. The van der Waals surface area contributed by atoms with Crippen molar-refractivity contribution in [2.24, 2.45) is 0 Å². The summed E-state index contributed by atoms with van der Waals surface area (Å²) >= 11 is 0. The van der Waals surface area contributed by atoms with E-state index in [1.54, 1.807) is 48.9 Å². The Morgan fingerprint density at radius 3 is 2.60 bits per heavy atom. The number of hydrogen-bond acceptors (Lipinski definition) is 5. The van der Waals surface area contributed by atoms with Gasteiger partial charge in [0.2, 0.25) is 0 Å². The molecule has 5 heterocycles. The van der Waals surface area contributed by atoms with Gasteiger partial charge in [-0.1, -0.05) is 36.4 Å². The molecule has 9 heteroatoms. The van der Waals surface area contributed by atoms with E-state index in [4.69, 9.17) is 4.98 Å². The monoisotopic (exact) mass is 525 g/mol. The van der Waals surface area contributed by atoms with E-state index in [0.717, 1.165) is 22.0 Å². The highest BCUT2D eigenvalue weighted by atomic mass is 19.1. The van der Waals surface area contributed by atoms with Crippen LogP contribution in [0, 0.1) is 5.82 Å². The van der Waals surface area contributed by atoms with Crippen molar-refractivity contribution in [3.05, 3.63) is 115 Å². The number of pyridine rings is 3. The molecule has 7 aromatic rings. The first-order valence-electron chi connectivity index (χ1n) is 12.5. The molecule has 0 aliphatic rings. The second-order valence-electron chi connectivity index (χ2n) is 9.23. The second kappa shape index (κ2) is 9.55. The molecule has 1 amide bonds. The number of aromatic amines is 2. The van der Waals surface area contributed by atoms with Gasteiger partial charge in [0.15, 0.2) is 0 Å². The van der Waals surface area contributed by atoms with Crippen molar-refractivity contribution in [1.29, 1.82) is 0 Å². The predicted molar refractivity (Wildman–Crippen MR) is 152 cm³/mol. The van der Waals surface area contributed by atoms with Gasteiger partial charge in [-0.05, 0) is 54.1 Å². The Labute approximate surface area is 227 Å². The molecular weight excluding hydrogens is 505 g/mol. The molecule has 3 N–H and O–H groups in total. The molecule has 0 atom stereocenters. The zero-order valence-corrected chi connectivity index (χ0v) is 20.9. The van der Waals surface area contributed by atoms with Crippen molar-refractivity contribution in [3.63, 3.8) is 0 Å². The van der Waals surface area contributed by atoms with Crippen molar-refractivity contribution in [1.82, 2.24) is 30.1 Å². The van der Waals surface area contributed by atoms with Crippen LogP contribution in [0.15, 0.2) is 104 Å². The molecule has 0 bridgehead atoms. The number of hydrogen-bond donors (Lipinski definition) is 3. The summed E-state index contributed by atoms with van der Waals surface area (Å²) in [5.41, 5.74) is 7.08. The van der Waals surface area contributed by atoms with Crippen LogP contribution < -0.4 is 5.32 Å². The highest BCUT2D eigenvalue weighted by molar-refractivity contribution is 6.04. The summed E-state index contributed by atoms with van der Waals surface area (Å²) in [6.07, 6.45) is 4.94. The number of carbonyl (C=O) groups is 1. The number of aromatic nitrogens is 6. The van der Waals surface area contributed by atoms with Crippen molar-refractivity contribution in [3.8, 4) is 33.8 Å². The quantitative estimate of drug-likeness (QED) is 0.234. The molecule has 0 aliphatic heterocycles. The largest absolute Gasteiger partial charge is 0.338 e. The molecule has 7 rings (SSSR count). The van der Waals surface area contributed by atoms with Crippen LogP contribution in [0.3, 0.4) is 0 Å². The second-order valence-corrected chi connectivity index (χ2v) is 9.23. The zero-order valence-electron chi connectivity index (χ0n) is 20.9. The fourth-order valence-corrected chi connectivity index (χ4v) is 4.76. The fourth-order valence-electron chi connectivity index (χ4n) is 4.76. The van der Waals surface area contributed by atoms with Gasteiger partial charge in [-0.2, -0.15) is 5.10 Å². The van der Waals surface area contributed by atoms with E-state index < -0.39 is 0 Å². The maximum Gasteiger partial charge on any atom is 0.255 e. The van der Waals surface area contributed by atoms with Crippen LogP contribution in [0.2, 0.25) is 0 Å². The van der Waals surface area contributed by atoms with Gasteiger partial charge in [-0.25, -0.2) is 14.4 Å². The summed E-state index contributed by atoms with van der Waals surface area (Å²) in [6.45, 7) is 0. The maximum atomic E-state index is 14.6. The summed E-state index contributed by atoms with van der Waals surface area (Å²) in [5.74, 6) is -0.521. The molecule has 2 aromatic carbocycles. The van der Waals surface area contributed by atoms with E-state index in [1.165, 1.54) is 6.07 Å². The third-order valence-electron chi connectivity index (χ3n) is 6.69. The average Bonchev–Trinajstić information content (AvgIpc) is 3.62. The summed E-state index contributed by atoms with van der Waals surface area (Å²) in [4.78, 5) is 29.6. The predicted octanol–water partition coefficient (Wildman–Crippen LogP) is 6.62. The fraction of sp³-hybridized carbons (Fsp3) is 0. The van der Waals surface area contributed by atoms with Crippen molar-refractivity contribution in [2.75, 3.05) is 5.32 Å². The summed E-state index contributed by atoms with van der Waals surface area (Å²) in [5, 5.41) is 11.2. The summed E-state index contributed by atoms with van der Waals surface area (Å²) < 4.78 is 14.6. The van der Waals surface area contributed by atoms with Gasteiger partial charge in [0.05, 0.1) is 28.8 Å². The van der Waals surface area contributed by atoms with E-state index in [2.05, 4.69) is 30.5 Å². The van der Waals surface area contributed by atoms with Gasteiger partial charge >= 0.3 is 0 Å². The summed E-state index contributed by atoms with van der Waals surface area (Å²) in [6, 6.07) is 25.0. The molecular formula is C31H20FN7O. The number of halogens is 1. The number of benzene rings is 2. The molecule has 192 valence electrons. The van der Waals surface area contributed by atoms with E-state index in [9.17, 15) is 9.18 Å². The van der Waals surface area contributed by atoms with Crippen LogP contribution in [0.5, 0.6) is 0 Å². The Hall–Kier alpha value is -5.70. The molecule has 0 unspecified atom stereocenters. The van der Waals surface area contributed by atoms with E-state index in [-0.39, 0.29) is 11.7 Å². The molecule has 0 aliphatic carbocycles. The number of carbonyl (C=O) groups excluding carboxylic acids is 1. The highest BCUT2D eigenvalue weighted by Crippen LogP contribution is 2.34. The lowest BCUT2D eigenvalue weighted by molar-refractivity contribution is 0.102. The van der Waals surface area contributed by atoms with Crippen molar-refractivity contribution >= 4 is 33.7 Å². The topological polar surface area (TPSA) is 112 Å². The first-order valence-corrected chi connectivity index (χ1v) is 12.5. The third kappa shape index (κ3) is 4.15. The molecule has 8 nitrogen and oxygen atoms in total. The van der Waals surface area contributed by atoms with Gasteiger partial charge in [0.1, 0.15) is 22.7 Å². The van der Waals surface area contributed by atoms with E-state index >= 15 is 0 Å². The minimum Gasteiger partial charge on any atom is -0.338 e. The molecule has 40 heavy (non-hydrogen) atoms. The Balaban J connectivity index is 1.26. The van der Waals surface area contributed by atoms with Crippen molar-refractivity contribution < 1.29 is 9.18 Å². The number of fused-ring (bicyclic) bond motifs is 2. The summed E-state index contributed by atoms with van der Waals surface area (Å²) in [7, 11) is 0. The van der Waals surface area contributed by atoms with Gasteiger partial charge in [0, 0.05) is 34.5 Å². The number of nitrogens with one attached hydrogen (secondary N) is 3. The van der Waals surface area contributed by atoms with E-state index in [1.807, 2.05) is 48.5 Å². The van der Waals surface area contributed by atoms with Crippen LogP contribution in [0.25, 0.3) is 55.8 Å². The molecule has 0 fully saturated rings. The number of rotatable bonds is 5. The first-order chi connectivity index (χ1) is 19.6. The Morgan fingerprint density at radius 2 is 1.73 bits per heavy atom. The first kappa shape index (κ1) is 23.4. The lowest BCUT2D eigenvalue weighted by Gasteiger charge is -2.07. The van der Waals surface area contributed by atoms with Crippen LogP contribution >= 0.6 is 0 Å². The van der Waals surface area contributed by atoms with Gasteiger partial charge in [-0.15, -0.1) is 0 Å². The van der Waals surface area contributed by atoms with Crippen LogP contribution in [0.1, 0.15) is 10.4 Å². The van der Waals surface area contributed by atoms with Gasteiger partial charge < -0.3 is 10.3 Å². The molecule has 0 saturated heterocycles. The van der Waals surface area contributed by atoms with Gasteiger partial charge in [-0.3, -0.25) is 14.9 Å². The number of nitrogens with zero attached hydrogens (tertiary/aromatic N) is 4. The molecule has 0 spiro atoms. The highest BCUT2D eigenvalue weighted by Gasteiger charge is 2.17. The Kier molecular flexibility index (Phi) is 5.59. The zero-order chi connectivity index (χ0) is 27.1. The average molecular weight is 526 g/mol. The van der Waals surface area contributed by atoms with E-state index in [0.29, 0.717) is 45.1 Å². The molecule has 0 saturated carbocycles. The number of amides is 1. The smallest absolute Gasteiger partial charge is 0.255 e.